The van der Waals surface area contributed by atoms with E-state index in [9.17, 15) is 5.11 Å². The van der Waals surface area contributed by atoms with Gasteiger partial charge in [-0.2, -0.15) is 0 Å². The Hall–Kier alpha value is -0.380. The molecular weight excluding hydrogens is 242 g/mol. The smallest absolute Gasteiger partial charge is 0.0954 e. The van der Waals surface area contributed by atoms with E-state index < -0.39 is 6.10 Å². The molecule has 0 unspecified atom stereocenters. The maximum Gasteiger partial charge on any atom is 0.0954 e. The number of halogens is 1. The zero-order valence-electron chi connectivity index (χ0n) is 7.91. The minimum Gasteiger partial charge on any atom is -0.387 e. The summed E-state index contributed by atoms with van der Waals surface area (Å²) >= 11 is 3.47. The summed E-state index contributed by atoms with van der Waals surface area (Å²) in [7, 11) is 0. The second kappa shape index (κ2) is 4.01. The van der Waals surface area contributed by atoms with E-state index in [1.165, 1.54) is 5.56 Å². The summed E-state index contributed by atoms with van der Waals surface area (Å²) in [5.41, 5.74) is 8.10. The number of fused-ring (bicyclic) bond motifs is 1. The molecule has 76 valence electrons. The lowest BCUT2D eigenvalue weighted by atomic mass is 9.99. The molecule has 2 rings (SSSR count). The largest absolute Gasteiger partial charge is 0.387 e. The van der Waals surface area contributed by atoms with Gasteiger partial charge in [-0.05, 0) is 36.5 Å². The number of aryl methyl sites for hydroxylation is 1. The summed E-state index contributed by atoms with van der Waals surface area (Å²) in [5.74, 6) is 0. The Morgan fingerprint density at radius 3 is 3.00 bits per heavy atom. The average Bonchev–Trinajstić information content (AvgIpc) is 2.29. The molecule has 1 aliphatic rings. The second-order valence-corrected chi connectivity index (χ2v) is 4.67. The molecule has 0 aliphatic heterocycles. The third-order valence-electron chi connectivity index (χ3n) is 2.83. The normalized spacial score (nSPS) is 26.8. The van der Waals surface area contributed by atoms with Gasteiger partial charge in [0, 0.05) is 10.5 Å². The minimum atomic E-state index is -0.525. The fourth-order valence-electron chi connectivity index (χ4n) is 2.03. The first-order valence-corrected chi connectivity index (χ1v) is 5.70. The molecule has 0 amide bonds. The van der Waals surface area contributed by atoms with Crippen molar-refractivity contribution in [1.82, 2.24) is 0 Å². The first kappa shape index (κ1) is 10.1. The summed E-state index contributed by atoms with van der Waals surface area (Å²) < 4.78 is 0.972. The highest BCUT2D eigenvalue weighted by atomic mass is 79.9. The highest BCUT2D eigenvalue weighted by molar-refractivity contribution is 9.10. The van der Waals surface area contributed by atoms with E-state index in [1.807, 2.05) is 12.1 Å². The molecule has 0 saturated heterocycles. The van der Waals surface area contributed by atoms with Crippen LogP contribution in [0, 0.1) is 0 Å². The van der Waals surface area contributed by atoms with Gasteiger partial charge in [-0.25, -0.2) is 0 Å². The molecule has 2 atom stereocenters. The summed E-state index contributed by atoms with van der Waals surface area (Å²) in [5, 5.41) is 10.0. The first-order valence-electron chi connectivity index (χ1n) is 4.91. The molecule has 14 heavy (non-hydrogen) atoms. The molecule has 0 spiro atoms. The van der Waals surface area contributed by atoms with Crippen LogP contribution in [0.5, 0.6) is 0 Å². The standard InChI is InChI=1S/C11H14BrNO/c12-8-5-1-3-7-4-2-6-9(13)11(14)10(7)8/h1,3,5,9,11,14H,2,4,6,13H2/t9-,11-/m1/s1. The van der Waals surface area contributed by atoms with Crippen molar-refractivity contribution in [2.75, 3.05) is 0 Å². The van der Waals surface area contributed by atoms with E-state index in [1.54, 1.807) is 0 Å². The van der Waals surface area contributed by atoms with Crippen molar-refractivity contribution < 1.29 is 5.11 Å². The molecule has 0 bridgehead atoms. The maximum atomic E-state index is 10.0. The molecule has 0 fully saturated rings. The molecule has 1 aromatic rings. The number of aliphatic hydroxyl groups excluding tert-OH is 1. The van der Waals surface area contributed by atoms with Crippen LogP contribution in [0.25, 0.3) is 0 Å². The van der Waals surface area contributed by atoms with Crippen molar-refractivity contribution in [3.8, 4) is 0 Å². The molecule has 2 nitrogen and oxygen atoms in total. The van der Waals surface area contributed by atoms with Gasteiger partial charge in [0.1, 0.15) is 0 Å². The lowest BCUT2D eigenvalue weighted by Crippen LogP contribution is -2.27. The number of hydrogen-bond donors (Lipinski definition) is 2. The van der Waals surface area contributed by atoms with Crippen LogP contribution in [0.15, 0.2) is 22.7 Å². The molecular formula is C11H14BrNO. The summed E-state index contributed by atoms with van der Waals surface area (Å²) in [4.78, 5) is 0. The zero-order chi connectivity index (χ0) is 10.1. The van der Waals surface area contributed by atoms with Gasteiger partial charge >= 0.3 is 0 Å². The van der Waals surface area contributed by atoms with Gasteiger partial charge in [0.2, 0.25) is 0 Å². The average molecular weight is 256 g/mol. The molecule has 3 heteroatoms. The minimum absolute atomic E-state index is 0.130. The lowest BCUT2D eigenvalue weighted by Gasteiger charge is -2.18. The quantitative estimate of drug-likeness (QED) is 0.698. The summed E-state index contributed by atoms with van der Waals surface area (Å²) in [6, 6.07) is 5.91. The highest BCUT2D eigenvalue weighted by Gasteiger charge is 2.24. The number of nitrogens with two attached hydrogens (primary N) is 1. The zero-order valence-corrected chi connectivity index (χ0v) is 9.50. The van der Waals surface area contributed by atoms with Gasteiger partial charge in [-0.1, -0.05) is 28.1 Å². The topological polar surface area (TPSA) is 46.2 Å². The van der Waals surface area contributed by atoms with Gasteiger partial charge in [0.05, 0.1) is 6.10 Å². The van der Waals surface area contributed by atoms with Gasteiger partial charge in [-0.15, -0.1) is 0 Å². The Bertz CT molecular complexity index is 340. The lowest BCUT2D eigenvalue weighted by molar-refractivity contribution is 0.143. The maximum absolute atomic E-state index is 10.0. The monoisotopic (exact) mass is 255 g/mol. The molecule has 3 N–H and O–H groups in total. The van der Waals surface area contributed by atoms with Crippen molar-refractivity contribution in [3.63, 3.8) is 0 Å². The van der Waals surface area contributed by atoms with Crippen molar-refractivity contribution in [2.45, 2.75) is 31.4 Å². The fraction of sp³-hybridized carbons (Fsp3) is 0.455. The molecule has 1 aliphatic carbocycles. The first-order chi connectivity index (χ1) is 6.70. The summed E-state index contributed by atoms with van der Waals surface area (Å²) in [6.07, 6.45) is 2.44. The van der Waals surface area contributed by atoms with Crippen molar-refractivity contribution >= 4 is 15.9 Å². The van der Waals surface area contributed by atoms with E-state index in [-0.39, 0.29) is 6.04 Å². The van der Waals surface area contributed by atoms with Crippen LogP contribution in [0.2, 0.25) is 0 Å². The Morgan fingerprint density at radius 2 is 2.21 bits per heavy atom. The number of hydrogen-bond acceptors (Lipinski definition) is 2. The number of rotatable bonds is 0. The van der Waals surface area contributed by atoms with E-state index in [0.29, 0.717) is 0 Å². The predicted octanol–water partition coefficient (Wildman–Crippen LogP) is 2.15. The Labute approximate surface area is 92.3 Å². The Morgan fingerprint density at radius 1 is 1.43 bits per heavy atom. The SMILES string of the molecule is N[C@@H]1CCCc2cccc(Br)c2[C@@H]1O. The van der Waals surface area contributed by atoms with Crippen LogP contribution in [0.4, 0.5) is 0 Å². The van der Waals surface area contributed by atoms with Crippen LogP contribution >= 0.6 is 15.9 Å². The molecule has 0 aromatic heterocycles. The van der Waals surface area contributed by atoms with Crippen LogP contribution in [0.3, 0.4) is 0 Å². The summed E-state index contributed by atoms with van der Waals surface area (Å²) in [6.45, 7) is 0. The van der Waals surface area contributed by atoms with Crippen molar-refractivity contribution in [3.05, 3.63) is 33.8 Å². The van der Waals surface area contributed by atoms with Crippen molar-refractivity contribution in [1.29, 1.82) is 0 Å². The molecule has 1 aromatic carbocycles. The van der Waals surface area contributed by atoms with Gasteiger partial charge in [0.25, 0.3) is 0 Å². The van der Waals surface area contributed by atoms with Gasteiger partial charge < -0.3 is 10.8 Å². The third kappa shape index (κ3) is 1.72. The van der Waals surface area contributed by atoms with E-state index in [2.05, 4.69) is 22.0 Å². The molecule has 0 heterocycles. The Kier molecular flexibility index (Phi) is 2.91. The second-order valence-electron chi connectivity index (χ2n) is 3.81. The van der Waals surface area contributed by atoms with Gasteiger partial charge in [-0.3, -0.25) is 0 Å². The molecule has 0 saturated carbocycles. The van der Waals surface area contributed by atoms with Crippen molar-refractivity contribution in [2.24, 2.45) is 5.73 Å². The number of aliphatic hydroxyl groups is 1. The molecule has 0 radical (unpaired) electrons. The van der Waals surface area contributed by atoms with Crippen LogP contribution < -0.4 is 5.73 Å². The van der Waals surface area contributed by atoms with Crippen LogP contribution in [-0.4, -0.2) is 11.1 Å². The third-order valence-corrected chi connectivity index (χ3v) is 3.52. The fourth-order valence-corrected chi connectivity index (χ4v) is 2.67. The van der Waals surface area contributed by atoms with E-state index >= 15 is 0 Å². The Balaban J connectivity index is 2.49. The van der Waals surface area contributed by atoms with Crippen LogP contribution in [-0.2, 0) is 6.42 Å². The predicted molar refractivity (Wildman–Crippen MR) is 60.0 cm³/mol. The van der Waals surface area contributed by atoms with E-state index in [4.69, 9.17) is 5.73 Å². The number of benzene rings is 1. The van der Waals surface area contributed by atoms with E-state index in [0.717, 1.165) is 29.3 Å². The highest BCUT2D eigenvalue weighted by Crippen LogP contribution is 2.33. The van der Waals surface area contributed by atoms with Gasteiger partial charge in [0.15, 0.2) is 0 Å². The van der Waals surface area contributed by atoms with Crippen LogP contribution in [0.1, 0.15) is 30.1 Å².